The van der Waals surface area contributed by atoms with Crippen LogP contribution in [0.1, 0.15) is 38.3 Å². The minimum absolute atomic E-state index is 0.162. The first-order valence-corrected chi connectivity index (χ1v) is 5.95. The third-order valence-electron chi connectivity index (χ3n) is 3.84. The van der Waals surface area contributed by atoms with Crippen molar-refractivity contribution in [1.82, 2.24) is 0 Å². The summed E-state index contributed by atoms with van der Waals surface area (Å²) >= 11 is 6.07. The summed E-state index contributed by atoms with van der Waals surface area (Å²) in [4.78, 5) is 0. The Bertz CT molecular complexity index is 406. The van der Waals surface area contributed by atoms with E-state index in [1.54, 1.807) is 0 Å². The molecule has 0 spiro atoms. The lowest BCUT2D eigenvalue weighted by molar-refractivity contribution is 0.381. The number of benzene rings is 1. The molecule has 1 heteroatoms. The standard InChI is InChI=1S/C14H17Cl/c1-4-10(2)14(3)8-7-11-5-6-12(15)9-13(11)14/h5-10H,4H2,1-3H3. The molecule has 0 fully saturated rings. The Balaban J connectivity index is 2.51. The maximum Gasteiger partial charge on any atom is 0.0409 e. The molecule has 1 aromatic rings. The molecular formula is C14H17Cl. The van der Waals surface area contributed by atoms with Gasteiger partial charge in [0.15, 0.2) is 0 Å². The molecule has 0 aromatic heterocycles. The summed E-state index contributed by atoms with van der Waals surface area (Å²) in [6.45, 7) is 6.85. The van der Waals surface area contributed by atoms with Gasteiger partial charge in [0.25, 0.3) is 0 Å². The number of fused-ring (bicyclic) bond motifs is 1. The zero-order valence-electron chi connectivity index (χ0n) is 9.55. The van der Waals surface area contributed by atoms with E-state index >= 15 is 0 Å². The van der Waals surface area contributed by atoms with Crippen LogP contribution in [0.3, 0.4) is 0 Å². The van der Waals surface area contributed by atoms with Crippen molar-refractivity contribution in [3.05, 3.63) is 40.4 Å². The highest BCUT2D eigenvalue weighted by Gasteiger charge is 2.34. The van der Waals surface area contributed by atoms with Gasteiger partial charge in [0.05, 0.1) is 0 Å². The molecule has 1 aliphatic rings. The summed E-state index contributed by atoms with van der Waals surface area (Å²) in [5.74, 6) is 0.647. The Labute approximate surface area is 97.0 Å². The lowest BCUT2D eigenvalue weighted by Gasteiger charge is -2.31. The molecule has 0 heterocycles. The third kappa shape index (κ3) is 1.61. The summed E-state index contributed by atoms with van der Waals surface area (Å²) in [6, 6.07) is 6.19. The minimum Gasteiger partial charge on any atom is -0.0843 e. The van der Waals surface area contributed by atoms with E-state index in [-0.39, 0.29) is 5.41 Å². The monoisotopic (exact) mass is 220 g/mol. The fourth-order valence-electron chi connectivity index (χ4n) is 2.35. The lowest BCUT2D eigenvalue weighted by atomic mass is 9.73. The largest absolute Gasteiger partial charge is 0.0843 e. The van der Waals surface area contributed by atoms with Gasteiger partial charge < -0.3 is 0 Å². The Morgan fingerprint density at radius 3 is 2.80 bits per heavy atom. The lowest BCUT2D eigenvalue weighted by Crippen LogP contribution is -2.25. The summed E-state index contributed by atoms with van der Waals surface area (Å²) in [6.07, 6.45) is 5.73. The molecule has 2 rings (SSSR count). The predicted molar refractivity (Wildman–Crippen MR) is 67.3 cm³/mol. The average Bonchev–Trinajstić information content (AvgIpc) is 2.57. The highest BCUT2D eigenvalue weighted by molar-refractivity contribution is 6.30. The van der Waals surface area contributed by atoms with Crippen molar-refractivity contribution in [3.8, 4) is 0 Å². The summed E-state index contributed by atoms with van der Waals surface area (Å²) < 4.78 is 0. The molecule has 1 aliphatic carbocycles. The van der Waals surface area contributed by atoms with E-state index < -0.39 is 0 Å². The number of rotatable bonds is 2. The van der Waals surface area contributed by atoms with Crippen LogP contribution in [0.5, 0.6) is 0 Å². The summed E-state index contributed by atoms with van der Waals surface area (Å²) in [5.41, 5.74) is 2.86. The molecule has 1 aromatic carbocycles. The smallest absolute Gasteiger partial charge is 0.0409 e. The van der Waals surface area contributed by atoms with Gasteiger partial charge in [-0.3, -0.25) is 0 Å². The first kappa shape index (κ1) is 10.8. The van der Waals surface area contributed by atoms with Crippen molar-refractivity contribution in [1.29, 1.82) is 0 Å². The van der Waals surface area contributed by atoms with Gasteiger partial charge in [0, 0.05) is 10.4 Å². The van der Waals surface area contributed by atoms with E-state index in [9.17, 15) is 0 Å². The van der Waals surface area contributed by atoms with Crippen molar-refractivity contribution in [2.24, 2.45) is 5.92 Å². The Hall–Kier alpha value is -0.750. The van der Waals surface area contributed by atoms with Crippen LogP contribution in [-0.4, -0.2) is 0 Å². The van der Waals surface area contributed by atoms with Crippen molar-refractivity contribution in [2.75, 3.05) is 0 Å². The number of allylic oxidation sites excluding steroid dienone is 1. The molecule has 2 atom stereocenters. The van der Waals surface area contributed by atoms with Gasteiger partial charge in [-0.2, -0.15) is 0 Å². The molecule has 0 saturated heterocycles. The quantitative estimate of drug-likeness (QED) is 0.680. The molecule has 0 radical (unpaired) electrons. The molecule has 0 nitrogen and oxygen atoms in total. The second-order valence-corrected chi connectivity index (χ2v) is 5.09. The normalized spacial score (nSPS) is 25.3. The molecule has 0 N–H and O–H groups in total. The average molecular weight is 221 g/mol. The highest BCUT2D eigenvalue weighted by Crippen LogP contribution is 2.43. The van der Waals surface area contributed by atoms with Crippen LogP contribution in [-0.2, 0) is 5.41 Å². The zero-order valence-corrected chi connectivity index (χ0v) is 10.3. The van der Waals surface area contributed by atoms with Crippen LogP contribution in [0.25, 0.3) is 6.08 Å². The number of halogens is 1. The van der Waals surface area contributed by atoms with Crippen LogP contribution < -0.4 is 0 Å². The van der Waals surface area contributed by atoms with Crippen molar-refractivity contribution in [2.45, 2.75) is 32.6 Å². The Morgan fingerprint density at radius 1 is 1.40 bits per heavy atom. The predicted octanol–water partition coefficient (Wildman–Crippen LogP) is 4.67. The van der Waals surface area contributed by atoms with Crippen LogP contribution in [0, 0.1) is 5.92 Å². The second-order valence-electron chi connectivity index (χ2n) is 4.66. The van der Waals surface area contributed by atoms with Gasteiger partial charge in [-0.05, 0) is 29.2 Å². The van der Waals surface area contributed by atoms with Gasteiger partial charge in [-0.25, -0.2) is 0 Å². The van der Waals surface area contributed by atoms with E-state index in [2.05, 4.69) is 45.1 Å². The minimum atomic E-state index is 0.162. The molecule has 15 heavy (non-hydrogen) atoms. The molecular weight excluding hydrogens is 204 g/mol. The van der Waals surface area contributed by atoms with E-state index in [0.29, 0.717) is 5.92 Å². The van der Waals surface area contributed by atoms with Crippen molar-refractivity contribution in [3.63, 3.8) is 0 Å². The van der Waals surface area contributed by atoms with Gasteiger partial charge in [0.2, 0.25) is 0 Å². The summed E-state index contributed by atoms with van der Waals surface area (Å²) in [7, 11) is 0. The topological polar surface area (TPSA) is 0 Å². The van der Waals surface area contributed by atoms with Crippen molar-refractivity contribution >= 4 is 17.7 Å². The van der Waals surface area contributed by atoms with Gasteiger partial charge in [-0.1, -0.05) is 57.0 Å². The van der Waals surface area contributed by atoms with E-state index in [1.165, 1.54) is 17.5 Å². The van der Waals surface area contributed by atoms with Crippen LogP contribution in [0.15, 0.2) is 24.3 Å². The van der Waals surface area contributed by atoms with Crippen LogP contribution in [0.4, 0.5) is 0 Å². The molecule has 0 amide bonds. The van der Waals surface area contributed by atoms with Crippen LogP contribution in [0.2, 0.25) is 5.02 Å². The molecule has 80 valence electrons. The highest BCUT2D eigenvalue weighted by atomic mass is 35.5. The number of hydrogen-bond acceptors (Lipinski definition) is 0. The van der Waals surface area contributed by atoms with Gasteiger partial charge >= 0.3 is 0 Å². The SMILES string of the molecule is CCC(C)C1(C)C=Cc2ccc(Cl)cc21. The Kier molecular flexibility index (Phi) is 2.64. The molecule has 2 unspecified atom stereocenters. The number of hydrogen-bond donors (Lipinski definition) is 0. The second kappa shape index (κ2) is 3.68. The van der Waals surface area contributed by atoms with Crippen molar-refractivity contribution < 1.29 is 0 Å². The third-order valence-corrected chi connectivity index (χ3v) is 4.08. The first-order valence-electron chi connectivity index (χ1n) is 5.57. The Morgan fingerprint density at radius 2 is 2.13 bits per heavy atom. The fourth-order valence-corrected chi connectivity index (χ4v) is 2.52. The van der Waals surface area contributed by atoms with Crippen LogP contribution >= 0.6 is 11.6 Å². The summed E-state index contributed by atoms with van der Waals surface area (Å²) in [5, 5.41) is 0.840. The maximum absolute atomic E-state index is 6.07. The van der Waals surface area contributed by atoms with E-state index in [1.807, 2.05) is 6.07 Å². The maximum atomic E-state index is 6.07. The van der Waals surface area contributed by atoms with Gasteiger partial charge in [-0.15, -0.1) is 0 Å². The van der Waals surface area contributed by atoms with E-state index in [4.69, 9.17) is 11.6 Å². The first-order chi connectivity index (χ1) is 7.08. The fraction of sp³-hybridized carbons (Fsp3) is 0.429. The van der Waals surface area contributed by atoms with Gasteiger partial charge in [0.1, 0.15) is 0 Å². The molecule has 0 bridgehead atoms. The molecule has 0 saturated carbocycles. The molecule has 0 aliphatic heterocycles. The van der Waals surface area contributed by atoms with E-state index in [0.717, 1.165) is 5.02 Å². The zero-order chi connectivity index (χ0) is 11.1.